The molecule has 1 aromatic heterocycles. The quantitative estimate of drug-likeness (QED) is 0.349. The van der Waals surface area contributed by atoms with Crippen molar-refractivity contribution in [2.24, 2.45) is 0 Å². The maximum absolute atomic E-state index is 6.40. The summed E-state index contributed by atoms with van der Waals surface area (Å²) in [6.07, 6.45) is 10.4. The van der Waals surface area contributed by atoms with Crippen molar-refractivity contribution in [3.63, 3.8) is 0 Å². The number of nitrogens with one attached hydrogen (secondary N) is 1. The predicted octanol–water partition coefficient (Wildman–Crippen LogP) is 7.01. The summed E-state index contributed by atoms with van der Waals surface area (Å²) in [5.41, 5.74) is 15.2. The smallest absolute Gasteiger partial charge is 0.0548 e. The molecule has 4 aromatic rings. The predicted molar refractivity (Wildman–Crippen MR) is 121 cm³/mol. The highest BCUT2D eigenvalue weighted by Crippen LogP contribution is 2.40. The number of aryl methyl sites for hydroxylation is 2. The Morgan fingerprint density at radius 3 is 2.29 bits per heavy atom. The van der Waals surface area contributed by atoms with Gasteiger partial charge in [0.1, 0.15) is 0 Å². The van der Waals surface area contributed by atoms with E-state index in [1.54, 1.807) is 5.56 Å². The number of benzene rings is 3. The van der Waals surface area contributed by atoms with Crippen molar-refractivity contribution in [1.82, 2.24) is 4.98 Å². The molecule has 1 heterocycles. The van der Waals surface area contributed by atoms with Crippen molar-refractivity contribution in [2.75, 3.05) is 5.73 Å². The van der Waals surface area contributed by atoms with Gasteiger partial charge in [0, 0.05) is 33.1 Å². The Labute approximate surface area is 166 Å². The molecule has 0 saturated carbocycles. The van der Waals surface area contributed by atoms with Gasteiger partial charge in [0.05, 0.1) is 5.52 Å². The number of fused-ring (bicyclic) bond motifs is 5. The molecule has 0 atom stereocenters. The third kappa shape index (κ3) is 2.97. The van der Waals surface area contributed by atoms with E-state index in [2.05, 4.69) is 47.4 Å². The minimum Gasteiger partial charge on any atom is -0.398 e. The van der Waals surface area contributed by atoms with Crippen molar-refractivity contribution >= 4 is 27.5 Å². The largest absolute Gasteiger partial charge is 0.398 e. The first-order chi connectivity index (χ1) is 13.8. The van der Waals surface area contributed by atoms with Crippen LogP contribution < -0.4 is 5.73 Å². The molecular formula is C26H28N2. The molecule has 1 aliphatic rings. The third-order valence-corrected chi connectivity index (χ3v) is 6.36. The summed E-state index contributed by atoms with van der Waals surface area (Å²) >= 11 is 0. The fraction of sp³-hybridized carbons (Fsp3) is 0.308. The van der Waals surface area contributed by atoms with E-state index >= 15 is 0 Å². The summed E-state index contributed by atoms with van der Waals surface area (Å²) in [7, 11) is 0. The number of H-pyrrole nitrogens is 1. The Balaban J connectivity index is 1.84. The van der Waals surface area contributed by atoms with Crippen LogP contribution in [0.1, 0.15) is 49.7 Å². The Bertz CT molecular complexity index is 1140. The molecule has 2 nitrogen and oxygen atoms in total. The second-order valence-corrected chi connectivity index (χ2v) is 8.19. The van der Waals surface area contributed by atoms with Gasteiger partial charge in [-0.15, -0.1) is 0 Å². The fourth-order valence-corrected chi connectivity index (χ4v) is 4.94. The Morgan fingerprint density at radius 1 is 0.714 bits per heavy atom. The molecule has 1 aliphatic carbocycles. The second-order valence-electron chi connectivity index (χ2n) is 8.19. The van der Waals surface area contributed by atoms with Crippen LogP contribution in [0.25, 0.3) is 32.9 Å². The lowest BCUT2D eigenvalue weighted by Crippen LogP contribution is -2.01. The molecule has 0 fully saturated rings. The van der Waals surface area contributed by atoms with Crippen molar-refractivity contribution in [1.29, 1.82) is 0 Å². The van der Waals surface area contributed by atoms with Crippen LogP contribution in [-0.4, -0.2) is 4.98 Å². The molecule has 142 valence electrons. The molecule has 5 rings (SSSR count). The molecule has 2 heteroatoms. The standard InChI is InChI=1S/C26H28N2/c27-23-15-9-7-13-20(23)22-17-18-11-5-3-1-2-4-6-12-19(18)25-21-14-8-10-16-24(21)28-26(22)25/h7-10,13-17,28H,1-6,11-12,27H2. The zero-order valence-electron chi connectivity index (χ0n) is 16.4. The molecule has 0 bridgehead atoms. The summed E-state index contributed by atoms with van der Waals surface area (Å²) < 4.78 is 0. The van der Waals surface area contributed by atoms with Crippen molar-refractivity contribution in [2.45, 2.75) is 51.4 Å². The fourth-order valence-electron chi connectivity index (χ4n) is 4.94. The van der Waals surface area contributed by atoms with Crippen molar-refractivity contribution < 1.29 is 0 Å². The van der Waals surface area contributed by atoms with E-state index in [-0.39, 0.29) is 0 Å². The maximum Gasteiger partial charge on any atom is 0.0548 e. The minimum atomic E-state index is 0.849. The van der Waals surface area contributed by atoms with Gasteiger partial charge in [-0.2, -0.15) is 0 Å². The normalized spacial score (nSPS) is 15.6. The molecule has 3 aromatic carbocycles. The molecular weight excluding hydrogens is 340 g/mol. The molecule has 0 radical (unpaired) electrons. The van der Waals surface area contributed by atoms with Crippen molar-refractivity contribution in [3.8, 4) is 11.1 Å². The number of hydrogen-bond acceptors (Lipinski definition) is 1. The molecule has 0 unspecified atom stereocenters. The lowest BCUT2D eigenvalue weighted by Gasteiger charge is -2.17. The first-order valence-electron chi connectivity index (χ1n) is 10.7. The van der Waals surface area contributed by atoms with Crippen LogP contribution >= 0.6 is 0 Å². The average Bonchev–Trinajstić information content (AvgIpc) is 3.11. The summed E-state index contributed by atoms with van der Waals surface area (Å²) in [5, 5.41) is 2.77. The molecule has 0 amide bonds. The summed E-state index contributed by atoms with van der Waals surface area (Å²) in [6, 6.07) is 19.4. The Morgan fingerprint density at radius 2 is 1.43 bits per heavy atom. The van der Waals surface area contributed by atoms with Gasteiger partial charge in [-0.3, -0.25) is 0 Å². The van der Waals surface area contributed by atoms with Gasteiger partial charge in [0.2, 0.25) is 0 Å². The lowest BCUT2D eigenvalue weighted by atomic mass is 9.87. The van der Waals surface area contributed by atoms with Gasteiger partial charge in [-0.1, -0.05) is 62.1 Å². The number of hydrogen-bond donors (Lipinski definition) is 2. The third-order valence-electron chi connectivity index (χ3n) is 6.36. The summed E-state index contributed by atoms with van der Waals surface area (Å²) in [5.74, 6) is 0. The second kappa shape index (κ2) is 7.35. The molecule has 0 spiro atoms. The highest BCUT2D eigenvalue weighted by molar-refractivity contribution is 6.14. The van der Waals surface area contributed by atoms with Crippen LogP contribution in [0.2, 0.25) is 0 Å². The zero-order valence-corrected chi connectivity index (χ0v) is 16.4. The SMILES string of the molecule is Nc1ccccc1-c1cc2c(c3c1[nH]c1ccccc13)CCCCCCCC2. The summed E-state index contributed by atoms with van der Waals surface area (Å²) in [4.78, 5) is 3.73. The highest BCUT2D eigenvalue weighted by atomic mass is 14.7. The van der Waals surface area contributed by atoms with E-state index in [1.807, 2.05) is 12.1 Å². The van der Waals surface area contributed by atoms with E-state index in [0.29, 0.717) is 0 Å². The van der Waals surface area contributed by atoms with Gasteiger partial charge in [-0.25, -0.2) is 0 Å². The average molecular weight is 369 g/mol. The monoisotopic (exact) mass is 368 g/mol. The maximum atomic E-state index is 6.40. The Kier molecular flexibility index (Phi) is 4.56. The minimum absolute atomic E-state index is 0.849. The lowest BCUT2D eigenvalue weighted by molar-refractivity contribution is 0.582. The van der Waals surface area contributed by atoms with E-state index in [9.17, 15) is 0 Å². The van der Waals surface area contributed by atoms with Crippen LogP contribution in [0.3, 0.4) is 0 Å². The number of para-hydroxylation sites is 2. The first-order valence-corrected chi connectivity index (χ1v) is 10.7. The Hall–Kier alpha value is -2.74. The van der Waals surface area contributed by atoms with Gasteiger partial charge < -0.3 is 10.7 Å². The van der Waals surface area contributed by atoms with Crippen LogP contribution in [0.4, 0.5) is 5.69 Å². The molecule has 28 heavy (non-hydrogen) atoms. The number of aromatic amines is 1. The van der Waals surface area contributed by atoms with E-state index in [0.717, 1.165) is 11.3 Å². The molecule has 0 aliphatic heterocycles. The van der Waals surface area contributed by atoms with E-state index < -0.39 is 0 Å². The van der Waals surface area contributed by atoms with E-state index in [4.69, 9.17) is 5.73 Å². The van der Waals surface area contributed by atoms with Crippen molar-refractivity contribution in [3.05, 3.63) is 65.7 Å². The zero-order chi connectivity index (χ0) is 18.9. The van der Waals surface area contributed by atoms with Crippen LogP contribution in [0, 0.1) is 0 Å². The van der Waals surface area contributed by atoms with Crippen LogP contribution in [0.15, 0.2) is 54.6 Å². The van der Waals surface area contributed by atoms with Crippen LogP contribution in [0.5, 0.6) is 0 Å². The number of rotatable bonds is 1. The van der Waals surface area contributed by atoms with Gasteiger partial charge in [0.25, 0.3) is 0 Å². The number of aromatic nitrogens is 1. The molecule has 3 N–H and O–H groups in total. The van der Waals surface area contributed by atoms with Gasteiger partial charge >= 0.3 is 0 Å². The molecule has 0 saturated heterocycles. The number of anilines is 1. The number of nitrogens with two attached hydrogens (primary N) is 1. The highest BCUT2D eigenvalue weighted by Gasteiger charge is 2.19. The van der Waals surface area contributed by atoms with Gasteiger partial charge in [0.15, 0.2) is 0 Å². The first kappa shape index (κ1) is 17.4. The topological polar surface area (TPSA) is 41.8 Å². The summed E-state index contributed by atoms with van der Waals surface area (Å²) in [6.45, 7) is 0. The number of nitrogen functional groups attached to an aromatic ring is 1. The van der Waals surface area contributed by atoms with E-state index in [1.165, 1.54) is 84.3 Å². The van der Waals surface area contributed by atoms with Gasteiger partial charge in [-0.05, 0) is 55.0 Å². The van der Waals surface area contributed by atoms with Crippen LogP contribution in [-0.2, 0) is 12.8 Å².